The maximum atomic E-state index is 5.06. The molecule has 0 fully saturated rings. The van der Waals surface area contributed by atoms with Crippen LogP contribution in [0.25, 0.3) is 115 Å². The van der Waals surface area contributed by atoms with E-state index >= 15 is 0 Å². The maximum absolute atomic E-state index is 5.06. The fourth-order valence-electron chi connectivity index (χ4n) is 9.86. The number of imidazole rings is 1. The molecular formula is C57H38N2. The highest BCUT2D eigenvalue weighted by atomic mass is 15.1. The summed E-state index contributed by atoms with van der Waals surface area (Å²) < 4.78 is 2.36. The molecule has 0 saturated carbocycles. The SMILES string of the molecule is CCc1nc2ccccc2n1-c1ccc(-c2c3ccccc3c(-c3ccc4c(ccc5ccc6ccccc6c54)c3)c3ccc(-c4ccccc4)cc23)c2ccccc12. The van der Waals surface area contributed by atoms with E-state index in [1.54, 1.807) is 0 Å². The molecular weight excluding hydrogens is 713 g/mol. The first-order valence-electron chi connectivity index (χ1n) is 20.6. The molecule has 0 bridgehead atoms. The average Bonchev–Trinajstić information content (AvgIpc) is 3.69. The van der Waals surface area contributed by atoms with Crippen LogP contribution >= 0.6 is 0 Å². The molecule has 12 rings (SSSR count). The Hall–Kier alpha value is -7.55. The van der Waals surface area contributed by atoms with Gasteiger partial charge in [0, 0.05) is 11.8 Å². The van der Waals surface area contributed by atoms with Crippen LogP contribution in [0, 0.1) is 0 Å². The minimum atomic E-state index is 0.839. The summed E-state index contributed by atoms with van der Waals surface area (Å²) in [5.41, 5.74) is 10.7. The number of aromatic nitrogens is 2. The summed E-state index contributed by atoms with van der Waals surface area (Å²) in [6, 6.07) is 73.9. The van der Waals surface area contributed by atoms with E-state index in [0.717, 1.165) is 29.0 Å². The van der Waals surface area contributed by atoms with Gasteiger partial charge < -0.3 is 0 Å². The molecule has 0 atom stereocenters. The van der Waals surface area contributed by atoms with Gasteiger partial charge in [0.15, 0.2) is 0 Å². The van der Waals surface area contributed by atoms with E-state index in [9.17, 15) is 0 Å². The smallest absolute Gasteiger partial charge is 0.114 e. The first-order chi connectivity index (χ1) is 29.2. The van der Waals surface area contributed by atoms with E-state index in [1.165, 1.54) is 98.0 Å². The highest BCUT2D eigenvalue weighted by Gasteiger charge is 2.21. The lowest BCUT2D eigenvalue weighted by atomic mass is 9.83. The van der Waals surface area contributed by atoms with Crippen molar-refractivity contribution in [2.75, 3.05) is 0 Å². The van der Waals surface area contributed by atoms with Crippen LogP contribution in [0.5, 0.6) is 0 Å². The summed E-state index contributed by atoms with van der Waals surface area (Å²) in [7, 11) is 0. The summed E-state index contributed by atoms with van der Waals surface area (Å²) >= 11 is 0. The number of para-hydroxylation sites is 2. The number of hydrogen-bond acceptors (Lipinski definition) is 1. The fourth-order valence-corrected chi connectivity index (χ4v) is 9.86. The lowest BCUT2D eigenvalue weighted by molar-refractivity contribution is 0.913. The molecule has 0 spiro atoms. The van der Waals surface area contributed by atoms with Gasteiger partial charge in [-0.2, -0.15) is 0 Å². The Balaban J connectivity index is 1.16. The van der Waals surface area contributed by atoms with E-state index < -0.39 is 0 Å². The molecule has 0 radical (unpaired) electrons. The van der Waals surface area contributed by atoms with Gasteiger partial charge in [-0.3, -0.25) is 4.57 Å². The molecule has 12 aromatic rings. The van der Waals surface area contributed by atoms with Crippen LogP contribution in [0.15, 0.2) is 200 Å². The van der Waals surface area contributed by atoms with E-state index in [1.807, 2.05) is 0 Å². The minimum absolute atomic E-state index is 0.839. The van der Waals surface area contributed by atoms with Crippen molar-refractivity contribution in [1.82, 2.24) is 9.55 Å². The van der Waals surface area contributed by atoms with Crippen LogP contribution in [0.3, 0.4) is 0 Å². The molecule has 1 heterocycles. The van der Waals surface area contributed by atoms with Gasteiger partial charge in [0.25, 0.3) is 0 Å². The van der Waals surface area contributed by atoms with E-state index in [-0.39, 0.29) is 0 Å². The Labute approximate surface area is 342 Å². The standard InChI is InChI=1S/C57H38N2/c1-2-54-58-51-22-12-13-23-53(51)59(54)52-33-32-48(44-18-8-9-19-45(44)52)57-47-21-11-10-20-46(47)56(49-31-28-39(35-50(49)57)36-14-4-3-5-15-36)41-29-30-43-40(34-41)27-26-38-25-24-37-16-6-7-17-42(37)55(38)43/h3-35H,2H2,1H3. The Bertz CT molecular complexity index is 3650. The average molecular weight is 751 g/mol. The Kier molecular flexibility index (Phi) is 7.55. The number of nitrogens with zero attached hydrogens (tertiary/aromatic N) is 2. The second kappa shape index (κ2) is 13.3. The van der Waals surface area contributed by atoms with Crippen molar-refractivity contribution in [3.05, 3.63) is 206 Å². The lowest BCUT2D eigenvalue weighted by Gasteiger charge is -2.21. The van der Waals surface area contributed by atoms with Crippen LogP contribution in [0.1, 0.15) is 12.7 Å². The molecule has 0 aliphatic heterocycles. The number of aryl methyl sites for hydroxylation is 1. The third-order valence-corrected chi connectivity index (χ3v) is 12.5. The number of hydrogen-bond donors (Lipinski definition) is 0. The molecule has 59 heavy (non-hydrogen) atoms. The molecule has 2 nitrogen and oxygen atoms in total. The molecule has 1 aromatic heterocycles. The topological polar surface area (TPSA) is 17.8 Å². The second-order valence-corrected chi connectivity index (χ2v) is 15.7. The second-order valence-electron chi connectivity index (χ2n) is 15.7. The molecule has 0 amide bonds. The van der Waals surface area contributed by atoms with Crippen LogP contribution in [-0.4, -0.2) is 9.55 Å². The molecule has 0 unspecified atom stereocenters. The Morgan fingerprint density at radius 1 is 0.390 bits per heavy atom. The lowest BCUT2D eigenvalue weighted by Crippen LogP contribution is -2.01. The molecule has 0 aliphatic rings. The van der Waals surface area contributed by atoms with Crippen molar-refractivity contribution in [2.45, 2.75) is 13.3 Å². The molecule has 0 saturated heterocycles. The van der Waals surface area contributed by atoms with Gasteiger partial charge in [-0.1, -0.05) is 177 Å². The van der Waals surface area contributed by atoms with Gasteiger partial charge in [0.05, 0.1) is 16.7 Å². The van der Waals surface area contributed by atoms with Crippen molar-refractivity contribution in [2.24, 2.45) is 0 Å². The zero-order chi connectivity index (χ0) is 39.0. The molecule has 0 N–H and O–H groups in total. The van der Waals surface area contributed by atoms with E-state index in [4.69, 9.17) is 4.98 Å². The number of benzene rings is 11. The van der Waals surface area contributed by atoms with E-state index in [0.29, 0.717) is 0 Å². The normalized spacial score (nSPS) is 11.9. The van der Waals surface area contributed by atoms with Gasteiger partial charge in [0.1, 0.15) is 5.82 Å². The monoisotopic (exact) mass is 750 g/mol. The van der Waals surface area contributed by atoms with Crippen LogP contribution < -0.4 is 0 Å². The largest absolute Gasteiger partial charge is 0.296 e. The van der Waals surface area contributed by atoms with Gasteiger partial charge in [-0.25, -0.2) is 4.98 Å². The van der Waals surface area contributed by atoms with Crippen LogP contribution in [0.2, 0.25) is 0 Å². The number of rotatable bonds is 5. The van der Waals surface area contributed by atoms with Gasteiger partial charge in [0.2, 0.25) is 0 Å². The summed E-state index contributed by atoms with van der Waals surface area (Å²) in [5.74, 6) is 1.06. The molecule has 11 aromatic carbocycles. The van der Waals surface area contributed by atoms with Crippen molar-refractivity contribution < 1.29 is 0 Å². The highest BCUT2D eigenvalue weighted by molar-refractivity contribution is 6.26. The molecule has 2 heteroatoms. The predicted octanol–water partition coefficient (Wildman–Crippen LogP) is 15.5. The third kappa shape index (κ3) is 5.16. The van der Waals surface area contributed by atoms with Gasteiger partial charge in [-0.05, 0) is 123 Å². The predicted molar refractivity (Wildman–Crippen MR) is 252 cm³/mol. The zero-order valence-electron chi connectivity index (χ0n) is 32.7. The minimum Gasteiger partial charge on any atom is -0.296 e. The summed E-state index contributed by atoms with van der Waals surface area (Å²) in [4.78, 5) is 5.06. The van der Waals surface area contributed by atoms with Gasteiger partial charge >= 0.3 is 0 Å². The zero-order valence-corrected chi connectivity index (χ0v) is 32.7. The van der Waals surface area contributed by atoms with Crippen molar-refractivity contribution in [3.8, 4) is 39.1 Å². The summed E-state index contributed by atoms with van der Waals surface area (Å²) in [6.45, 7) is 2.19. The van der Waals surface area contributed by atoms with Crippen molar-refractivity contribution >= 4 is 75.7 Å². The Morgan fingerprint density at radius 3 is 1.83 bits per heavy atom. The number of fused-ring (bicyclic) bond motifs is 9. The van der Waals surface area contributed by atoms with Crippen LogP contribution in [0.4, 0.5) is 0 Å². The first-order valence-corrected chi connectivity index (χ1v) is 20.6. The fraction of sp³-hybridized carbons (Fsp3) is 0.0351. The first kappa shape index (κ1) is 33.6. The summed E-state index contributed by atoms with van der Waals surface area (Å²) in [5, 5.41) is 15.1. The maximum Gasteiger partial charge on any atom is 0.114 e. The summed E-state index contributed by atoms with van der Waals surface area (Å²) in [6.07, 6.45) is 0.839. The van der Waals surface area contributed by atoms with Crippen molar-refractivity contribution in [3.63, 3.8) is 0 Å². The van der Waals surface area contributed by atoms with E-state index in [2.05, 4.69) is 212 Å². The van der Waals surface area contributed by atoms with Crippen molar-refractivity contribution in [1.29, 1.82) is 0 Å². The Morgan fingerprint density at radius 2 is 1.00 bits per heavy atom. The van der Waals surface area contributed by atoms with Crippen LogP contribution in [-0.2, 0) is 6.42 Å². The highest BCUT2D eigenvalue weighted by Crippen LogP contribution is 2.48. The third-order valence-electron chi connectivity index (χ3n) is 12.5. The van der Waals surface area contributed by atoms with Gasteiger partial charge in [-0.15, -0.1) is 0 Å². The quantitative estimate of drug-likeness (QED) is 0.127. The molecule has 276 valence electrons. The molecule has 0 aliphatic carbocycles.